The van der Waals surface area contributed by atoms with E-state index in [4.69, 9.17) is 30.3 Å². The van der Waals surface area contributed by atoms with Gasteiger partial charge in [-0.3, -0.25) is 0 Å². The summed E-state index contributed by atoms with van der Waals surface area (Å²) in [5.41, 5.74) is 0.736. The number of amides is 1. The van der Waals surface area contributed by atoms with E-state index in [-0.39, 0.29) is 11.0 Å². The first-order valence-electron chi connectivity index (χ1n) is 10.1. The van der Waals surface area contributed by atoms with Gasteiger partial charge in [0, 0.05) is 31.5 Å². The van der Waals surface area contributed by atoms with Gasteiger partial charge in [-0.2, -0.15) is 4.08 Å². The molecule has 3 rings (SSSR count). The average molecular weight is 475 g/mol. The van der Waals surface area contributed by atoms with Crippen LogP contribution in [0.4, 0.5) is 4.79 Å². The van der Waals surface area contributed by atoms with Gasteiger partial charge >= 0.3 is 6.09 Å². The number of nitrogens with zero attached hydrogens (tertiary/aromatic N) is 2. The molecule has 0 saturated carbocycles. The predicted octanol–water partition coefficient (Wildman–Crippen LogP) is 5.40. The van der Waals surface area contributed by atoms with E-state index in [0.717, 1.165) is 37.0 Å². The Morgan fingerprint density at radius 1 is 1.23 bits per heavy atom. The molecule has 1 aromatic rings. The number of para-hydroxylation sites is 1. The molecule has 1 amide bonds. The molecular formula is C20H31N2O5PS2. The summed E-state index contributed by atoms with van der Waals surface area (Å²) < 4.78 is 26.7. The molecule has 0 bridgehead atoms. The Morgan fingerprint density at radius 3 is 2.47 bits per heavy atom. The second-order valence-electron chi connectivity index (χ2n) is 8.42. The molecule has 1 aromatic carbocycles. The van der Waals surface area contributed by atoms with E-state index in [2.05, 4.69) is 13.8 Å². The van der Waals surface area contributed by atoms with Gasteiger partial charge in [0.05, 0.1) is 25.3 Å². The van der Waals surface area contributed by atoms with Crippen LogP contribution in [-0.4, -0.2) is 47.4 Å². The second kappa shape index (κ2) is 8.96. The van der Waals surface area contributed by atoms with Gasteiger partial charge in [-0.05, 0) is 44.6 Å². The Hall–Kier alpha value is -0.830. The van der Waals surface area contributed by atoms with Gasteiger partial charge in [-0.25, -0.2) is 9.10 Å². The SMILES string of the molecule is CCC1(CC)COP(=S)(N(C)SN(C)C(=O)Oc2cccc3c2OC(C)(C)C3)OC1. The van der Waals surface area contributed by atoms with Gasteiger partial charge in [0.1, 0.15) is 5.60 Å². The average Bonchev–Trinajstić information content (AvgIpc) is 3.03. The van der Waals surface area contributed by atoms with Gasteiger partial charge in [-0.1, -0.05) is 26.0 Å². The van der Waals surface area contributed by atoms with Crippen molar-refractivity contribution in [1.82, 2.24) is 8.38 Å². The first-order valence-corrected chi connectivity index (χ1v) is 13.4. The van der Waals surface area contributed by atoms with Crippen LogP contribution >= 0.6 is 18.8 Å². The molecule has 30 heavy (non-hydrogen) atoms. The van der Waals surface area contributed by atoms with E-state index in [1.54, 1.807) is 24.2 Å². The lowest BCUT2D eigenvalue weighted by Gasteiger charge is -2.42. The van der Waals surface area contributed by atoms with Gasteiger partial charge < -0.3 is 18.5 Å². The van der Waals surface area contributed by atoms with Crippen LogP contribution in [0.15, 0.2) is 18.2 Å². The van der Waals surface area contributed by atoms with E-state index < -0.39 is 12.7 Å². The molecule has 0 N–H and O–H groups in total. The van der Waals surface area contributed by atoms with Crippen LogP contribution in [0.25, 0.3) is 0 Å². The molecule has 2 heterocycles. The number of hydrogen-bond acceptors (Lipinski definition) is 7. The fourth-order valence-electron chi connectivity index (χ4n) is 3.42. The zero-order valence-electron chi connectivity index (χ0n) is 18.5. The maximum absolute atomic E-state index is 12.7. The van der Waals surface area contributed by atoms with E-state index in [0.29, 0.717) is 24.7 Å². The van der Waals surface area contributed by atoms with Crippen molar-refractivity contribution in [3.05, 3.63) is 23.8 Å². The number of ether oxygens (including phenoxy) is 2. The van der Waals surface area contributed by atoms with Crippen molar-refractivity contribution in [2.24, 2.45) is 5.41 Å². The first-order chi connectivity index (χ1) is 14.0. The van der Waals surface area contributed by atoms with E-state index >= 15 is 0 Å². The quantitative estimate of drug-likeness (QED) is 0.401. The van der Waals surface area contributed by atoms with Crippen molar-refractivity contribution in [2.75, 3.05) is 27.3 Å². The summed E-state index contributed by atoms with van der Waals surface area (Å²) >= 11 is 6.80. The topological polar surface area (TPSA) is 60.5 Å². The molecule has 0 unspecified atom stereocenters. The fourth-order valence-corrected chi connectivity index (χ4v) is 6.70. The molecule has 1 saturated heterocycles. The van der Waals surface area contributed by atoms with Crippen molar-refractivity contribution in [2.45, 2.75) is 52.6 Å². The lowest BCUT2D eigenvalue weighted by atomic mass is 9.84. The minimum Gasteiger partial charge on any atom is -0.483 e. The summed E-state index contributed by atoms with van der Waals surface area (Å²) in [7, 11) is 3.41. The van der Waals surface area contributed by atoms with Crippen molar-refractivity contribution in [3.8, 4) is 11.5 Å². The predicted molar refractivity (Wildman–Crippen MR) is 123 cm³/mol. The molecule has 10 heteroatoms. The molecule has 2 aliphatic rings. The summed E-state index contributed by atoms with van der Waals surface area (Å²) in [5.74, 6) is 1.05. The maximum Gasteiger partial charge on any atom is 0.426 e. The number of carbonyl (C=O) groups is 1. The largest absolute Gasteiger partial charge is 0.483 e. The van der Waals surface area contributed by atoms with Crippen LogP contribution in [-0.2, 0) is 27.3 Å². The lowest BCUT2D eigenvalue weighted by Crippen LogP contribution is -2.37. The zero-order valence-corrected chi connectivity index (χ0v) is 21.0. The number of rotatable bonds is 6. The lowest BCUT2D eigenvalue weighted by molar-refractivity contribution is 0.0201. The summed E-state index contributed by atoms with van der Waals surface area (Å²) in [6.45, 7) is 6.78. The van der Waals surface area contributed by atoms with Crippen molar-refractivity contribution >= 4 is 36.7 Å². The number of benzene rings is 1. The first kappa shape index (κ1) is 23.8. The summed E-state index contributed by atoms with van der Waals surface area (Å²) in [6.07, 6.45) is 2.20. The number of hydrogen-bond donors (Lipinski definition) is 0. The van der Waals surface area contributed by atoms with Gasteiger partial charge in [-0.15, -0.1) is 0 Å². The van der Waals surface area contributed by atoms with Crippen LogP contribution in [0.5, 0.6) is 11.5 Å². The molecular weight excluding hydrogens is 443 g/mol. The second-order valence-corrected chi connectivity index (χ2v) is 13.4. The molecule has 7 nitrogen and oxygen atoms in total. The van der Waals surface area contributed by atoms with Gasteiger partial charge in [0.15, 0.2) is 11.5 Å². The van der Waals surface area contributed by atoms with Crippen LogP contribution in [0.1, 0.15) is 46.1 Å². The zero-order chi connectivity index (χ0) is 22.2. The van der Waals surface area contributed by atoms with Crippen LogP contribution in [0.2, 0.25) is 0 Å². The highest BCUT2D eigenvalue weighted by molar-refractivity contribution is 8.15. The third-order valence-electron chi connectivity index (χ3n) is 5.66. The Morgan fingerprint density at radius 2 is 1.87 bits per heavy atom. The van der Waals surface area contributed by atoms with Gasteiger partial charge in [0.25, 0.3) is 6.64 Å². The molecule has 1 fully saturated rings. The van der Waals surface area contributed by atoms with Crippen LogP contribution in [0, 0.1) is 5.41 Å². The monoisotopic (exact) mass is 474 g/mol. The Bertz CT molecular complexity index is 832. The minimum absolute atomic E-state index is 0.0140. The highest BCUT2D eigenvalue weighted by atomic mass is 32.5. The van der Waals surface area contributed by atoms with E-state index in [1.807, 2.05) is 26.0 Å². The highest BCUT2D eigenvalue weighted by Crippen LogP contribution is 2.60. The number of carbonyl (C=O) groups excluding carboxylic acids is 1. The maximum atomic E-state index is 12.7. The molecule has 0 aliphatic carbocycles. The fraction of sp³-hybridized carbons (Fsp3) is 0.650. The molecule has 0 radical (unpaired) electrons. The van der Waals surface area contributed by atoms with Gasteiger partial charge in [0.2, 0.25) is 0 Å². The Labute approximate surface area is 188 Å². The van der Waals surface area contributed by atoms with Crippen LogP contribution in [0.3, 0.4) is 0 Å². The van der Waals surface area contributed by atoms with Crippen LogP contribution < -0.4 is 9.47 Å². The summed E-state index contributed by atoms with van der Waals surface area (Å²) in [6, 6.07) is 5.60. The number of fused-ring (bicyclic) bond motifs is 1. The molecule has 0 spiro atoms. The smallest absolute Gasteiger partial charge is 0.426 e. The van der Waals surface area contributed by atoms with E-state index in [9.17, 15) is 4.79 Å². The normalized spacial score (nSPS) is 21.0. The minimum atomic E-state index is -2.66. The molecule has 168 valence electrons. The Kier molecular flexibility index (Phi) is 7.12. The molecule has 0 atom stereocenters. The van der Waals surface area contributed by atoms with Crippen molar-refractivity contribution in [1.29, 1.82) is 0 Å². The van der Waals surface area contributed by atoms with Crippen molar-refractivity contribution in [3.63, 3.8) is 0 Å². The molecule has 0 aromatic heterocycles. The molecule has 2 aliphatic heterocycles. The summed E-state index contributed by atoms with van der Waals surface area (Å²) in [4.78, 5) is 12.7. The van der Waals surface area contributed by atoms with Crippen molar-refractivity contribution < 1.29 is 23.3 Å². The standard InChI is InChI=1S/C20H31N2O5PS2/c1-7-20(8-2)13-24-28(29,25-14-20)22(6)30-21(5)18(23)26-16-11-9-10-15-12-19(3,4)27-17(15)16/h9-11H,7-8,12-14H2,1-6H3. The third kappa shape index (κ3) is 4.97. The Balaban J connectivity index is 1.61. The third-order valence-corrected chi connectivity index (χ3v) is 10.4. The van der Waals surface area contributed by atoms with E-state index in [1.165, 1.54) is 4.31 Å². The summed E-state index contributed by atoms with van der Waals surface area (Å²) in [5, 5.41) is 0. The highest BCUT2D eigenvalue weighted by Gasteiger charge is 2.41.